The summed E-state index contributed by atoms with van der Waals surface area (Å²) in [5.41, 5.74) is 1.28. The monoisotopic (exact) mass is 371 g/mol. The Morgan fingerprint density at radius 1 is 1.04 bits per heavy atom. The van der Waals surface area contributed by atoms with Gasteiger partial charge in [0, 0.05) is 40.9 Å². The van der Waals surface area contributed by atoms with E-state index in [1.807, 2.05) is 0 Å². The maximum atomic E-state index is 12.6. The van der Waals surface area contributed by atoms with Crippen LogP contribution in [0, 0.1) is 10.1 Å². The number of nitrogens with zero attached hydrogens (tertiary/aromatic N) is 1. The Balaban J connectivity index is 1.91. The minimum Gasteiger partial charge on any atom is -0.493 e. The first-order chi connectivity index (χ1) is 13.0. The van der Waals surface area contributed by atoms with Crippen molar-refractivity contribution in [1.82, 2.24) is 4.98 Å². The van der Waals surface area contributed by atoms with Crippen molar-refractivity contribution in [1.29, 1.82) is 0 Å². The maximum Gasteiger partial charge on any atom is 0.272 e. The number of aromatic amines is 1. The number of non-ortho nitro benzene ring substituents is 1. The SMILES string of the molecule is COc1cc(NC(=O)c2cc3cc([N+](=O)[O-])ccc3[nH]2)cc(OC)c1OC. The van der Waals surface area contributed by atoms with Crippen LogP contribution >= 0.6 is 0 Å². The van der Waals surface area contributed by atoms with Gasteiger partial charge in [-0.2, -0.15) is 0 Å². The highest BCUT2D eigenvalue weighted by Gasteiger charge is 2.17. The molecule has 140 valence electrons. The van der Waals surface area contributed by atoms with Gasteiger partial charge in [0.25, 0.3) is 11.6 Å². The van der Waals surface area contributed by atoms with E-state index < -0.39 is 10.8 Å². The average Bonchev–Trinajstić information content (AvgIpc) is 3.10. The number of carbonyl (C=O) groups excluding carboxylic acids is 1. The number of anilines is 1. The van der Waals surface area contributed by atoms with Crippen LogP contribution in [0.2, 0.25) is 0 Å². The Kier molecular flexibility index (Phi) is 4.84. The number of nitrogens with one attached hydrogen (secondary N) is 2. The lowest BCUT2D eigenvalue weighted by Crippen LogP contribution is -2.12. The zero-order valence-corrected chi connectivity index (χ0v) is 14.9. The number of benzene rings is 2. The molecule has 0 atom stereocenters. The first-order valence-corrected chi connectivity index (χ1v) is 7.85. The van der Waals surface area contributed by atoms with Crippen molar-refractivity contribution in [3.63, 3.8) is 0 Å². The molecule has 27 heavy (non-hydrogen) atoms. The number of nitro benzene ring substituents is 1. The quantitative estimate of drug-likeness (QED) is 0.507. The molecular formula is C18H17N3O6. The van der Waals surface area contributed by atoms with Gasteiger partial charge in [0.1, 0.15) is 5.69 Å². The summed E-state index contributed by atoms with van der Waals surface area (Å²) in [5, 5.41) is 14.2. The van der Waals surface area contributed by atoms with Gasteiger partial charge in [-0.3, -0.25) is 14.9 Å². The number of fused-ring (bicyclic) bond motifs is 1. The van der Waals surface area contributed by atoms with Crippen molar-refractivity contribution in [3.05, 3.63) is 52.2 Å². The number of aromatic nitrogens is 1. The largest absolute Gasteiger partial charge is 0.493 e. The lowest BCUT2D eigenvalue weighted by Gasteiger charge is -2.14. The average molecular weight is 371 g/mol. The van der Waals surface area contributed by atoms with E-state index in [1.165, 1.54) is 33.5 Å². The molecule has 9 heteroatoms. The summed E-state index contributed by atoms with van der Waals surface area (Å²) in [6, 6.07) is 9.10. The minimum absolute atomic E-state index is 0.0434. The van der Waals surface area contributed by atoms with Crippen molar-refractivity contribution >= 4 is 28.2 Å². The van der Waals surface area contributed by atoms with Gasteiger partial charge in [-0.05, 0) is 12.1 Å². The van der Waals surface area contributed by atoms with Gasteiger partial charge in [0.15, 0.2) is 11.5 Å². The molecule has 1 aromatic heterocycles. The van der Waals surface area contributed by atoms with Crippen LogP contribution in [0.25, 0.3) is 10.9 Å². The number of nitro groups is 1. The first kappa shape index (κ1) is 18.1. The third-order valence-corrected chi connectivity index (χ3v) is 3.98. The molecule has 2 aromatic carbocycles. The molecule has 1 amide bonds. The molecule has 0 fully saturated rings. The third-order valence-electron chi connectivity index (χ3n) is 3.98. The summed E-state index contributed by atoms with van der Waals surface area (Å²) in [7, 11) is 4.45. The minimum atomic E-state index is -0.484. The van der Waals surface area contributed by atoms with Gasteiger partial charge in [-0.25, -0.2) is 0 Å². The van der Waals surface area contributed by atoms with Gasteiger partial charge in [-0.15, -0.1) is 0 Å². The highest BCUT2D eigenvalue weighted by atomic mass is 16.6. The lowest BCUT2D eigenvalue weighted by molar-refractivity contribution is -0.384. The standard InChI is InChI=1S/C18H17N3O6/c1-25-15-8-11(9-16(26-2)17(15)27-3)19-18(22)14-7-10-6-12(21(23)24)4-5-13(10)20-14/h4-9,20H,1-3H3,(H,19,22). The number of hydrogen-bond donors (Lipinski definition) is 2. The van der Waals surface area contributed by atoms with Crippen molar-refractivity contribution in [2.45, 2.75) is 0 Å². The van der Waals surface area contributed by atoms with Gasteiger partial charge < -0.3 is 24.5 Å². The van der Waals surface area contributed by atoms with E-state index in [0.29, 0.717) is 33.8 Å². The molecule has 0 aliphatic carbocycles. The van der Waals surface area contributed by atoms with Crippen LogP contribution in [0.3, 0.4) is 0 Å². The Labute approximate surface area is 154 Å². The van der Waals surface area contributed by atoms with Crippen molar-refractivity contribution in [3.8, 4) is 17.2 Å². The fraction of sp³-hybridized carbons (Fsp3) is 0.167. The highest BCUT2D eigenvalue weighted by Crippen LogP contribution is 2.40. The van der Waals surface area contributed by atoms with Crippen molar-refractivity contribution in [2.75, 3.05) is 26.6 Å². The smallest absolute Gasteiger partial charge is 0.272 e. The molecule has 2 N–H and O–H groups in total. The normalized spacial score (nSPS) is 10.5. The summed E-state index contributed by atoms with van der Waals surface area (Å²) >= 11 is 0. The molecule has 0 aliphatic rings. The highest BCUT2D eigenvalue weighted by molar-refractivity contribution is 6.06. The Morgan fingerprint density at radius 3 is 2.26 bits per heavy atom. The fourth-order valence-corrected chi connectivity index (χ4v) is 2.71. The number of H-pyrrole nitrogens is 1. The number of carbonyl (C=O) groups is 1. The van der Waals surface area contributed by atoms with Crippen molar-refractivity contribution < 1.29 is 23.9 Å². The zero-order valence-electron chi connectivity index (χ0n) is 14.9. The lowest BCUT2D eigenvalue weighted by atomic mass is 10.2. The molecule has 0 saturated carbocycles. The molecule has 9 nitrogen and oxygen atoms in total. The van der Waals surface area contributed by atoms with E-state index >= 15 is 0 Å². The van der Waals surface area contributed by atoms with Crippen LogP contribution in [0.15, 0.2) is 36.4 Å². The third kappa shape index (κ3) is 3.47. The summed E-state index contributed by atoms with van der Waals surface area (Å²) in [5.74, 6) is 0.804. The second-order valence-electron chi connectivity index (χ2n) is 5.58. The van der Waals surface area contributed by atoms with Gasteiger partial charge in [0.2, 0.25) is 5.75 Å². The van der Waals surface area contributed by atoms with E-state index in [1.54, 1.807) is 24.3 Å². The number of hydrogen-bond acceptors (Lipinski definition) is 6. The fourth-order valence-electron chi connectivity index (χ4n) is 2.71. The van der Waals surface area contributed by atoms with Crippen LogP contribution in [-0.2, 0) is 0 Å². The van der Waals surface area contributed by atoms with Crippen molar-refractivity contribution in [2.24, 2.45) is 0 Å². The number of amides is 1. The predicted octanol–water partition coefficient (Wildman–Crippen LogP) is 3.35. The van der Waals surface area contributed by atoms with E-state index in [2.05, 4.69) is 10.3 Å². The number of rotatable bonds is 6. The van der Waals surface area contributed by atoms with Gasteiger partial charge in [-0.1, -0.05) is 0 Å². The predicted molar refractivity (Wildman–Crippen MR) is 99.0 cm³/mol. The molecular weight excluding hydrogens is 354 g/mol. The molecule has 0 radical (unpaired) electrons. The number of ether oxygens (including phenoxy) is 3. The van der Waals surface area contributed by atoms with E-state index in [0.717, 1.165) is 0 Å². The molecule has 0 aliphatic heterocycles. The maximum absolute atomic E-state index is 12.6. The summed E-state index contributed by atoms with van der Waals surface area (Å²) in [6.07, 6.45) is 0. The topological polar surface area (TPSA) is 116 Å². The summed E-state index contributed by atoms with van der Waals surface area (Å²) in [4.78, 5) is 25.9. The molecule has 0 unspecified atom stereocenters. The van der Waals surface area contributed by atoms with Crippen LogP contribution in [-0.4, -0.2) is 37.1 Å². The first-order valence-electron chi connectivity index (χ1n) is 7.85. The van der Waals surface area contributed by atoms with Crippen LogP contribution in [0.5, 0.6) is 17.2 Å². The van der Waals surface area contributed by atoms with E-state index in [9.17, 15) is 14.9 Å². The van der Waals surface area contributed by atoms with Gasteiger partial charge in [0.05, 0.1) is 26.3 Å². The molecule has 3 aromatic rings. The Bertz CT molecular complexity index is 1000. The molecule has 1 heterocycles. The summed E-state index contributed by atoms with van der Waals surface area (Å²) in [6.45, 7) is 0. The van der Waals surface area contributed by atoms with Crippen LogP contribution in [0.1, 0.15) is 10.5 Å². The molecule has 0 saturated heterocycles. The van der Waals surface area contributed by atoms with Gasteiger partial charge >= 0.3 is 0 Å². The second-order valence-corrected chi connectivity index (χ2v) is 5.58. The Morgan fingerprint density at radius 2 is 1.70 bits per heavy atom. The van der Waals surface area contributed by atoms with Crippen LogP contribution in [0.4, 0.5) is 11.4 Å². The zero-order chi connectivity index (χ0) is 19.6. The summed E-state index contributed by atoms with van der Waals surface area (Å²) < 4.78 is 15.8. The number of methoxy groups -OCH3 is 3. The van der Waals surface area contributed by atoms with E-state index in [-0.39, 0.29) is 11.4 Å². The van der Waals surface area contributed by atoms with E-state index in [4.69, 9.17) is 14.2 Å². The Hall–Kier alpha value is -3.75. The second kappa shape index (κ2) is 7.24. The molecule has 3 rings (SSSR count). The van der Waals surface area contributed by atoms with Crippen LogP contribution < -0.4 is 19.5 Å². The molecule has 0 bridgehead atoms. The molecule has 0 spiro atoms.